The van der Waals surface area contributed by atoms with E-state index >= 15 is 0 Å². The lowest BCUT2D eigenvalue weighted by Gasteiger charge is -2.08. The molecule has 0 aliphatic carbocycles. The highest BCUT2D eigenvalue weighted by Gasteiger charge is 1.97. The molecule has 5 nitrogen and oxygen atoms in total. The summed E-state index contributed by atoms with van der Waals surface area (Å²) in [6.45, 7) is 2.00. The van der Waals surface area contributed by atoms with E-state index in [0.29, 0.717) is 11.1 Å². The number of carboxylic acids is 2. The highest BCUT2D eigenvalue weighted by Crippen LogP contribution is 2.02. The van der Waals surface area contributed by atoms with Crippen LogP contribution in [0.25, 0.3) is 0 Å². The topological polar surface area (TPSA) is 83.8 Å². The molecule has 0 aromatic heterocycles. The minimum absolute atomic E-state index is 0.331. The van der Waals surface area contributed by atoms with Gasteiger partial charge < -0.3 is 14.9 Å². The first-order valence-electron chi connectivity index (χ1n) is 7.75. The number of aromatic carboxylic acids is 2. The van der Waals surface area contributed by atoms with Gasteiger partial charge in [-0.15, -0.1) is 0 Å². The molecule has 5 heteroatoms. The van der Waals surface area contributed by atoms with E-state index in [9.17, 15) is 9.59 Å². The SMILES string of the molecule is C1CCOCC1.O=C(O)c1ccccc1.O=C(O)c1ccccc1. The molecule has 1 fully saturated rings. The molecule has 0 atom stereocenters. The molecular weight excluding hydrogens is 308 g/mol. The van der Waals surface area contributed by atoms with Crippen molar-refractivity contribution < 1.29 is 24.5 Å². The fourth-order valence-electron chi connectivity index (χ4n) is 1.85. The lowest BCUT2D eigenvalue weighted by atomic mass is 10.2. The van der Waals surface area contributed by atoms with Crippen LogP contribution in [0.4, 0.5) is 0 Å². The van der Waals surface area contributed by atoms with Gasteiger partial charge in [0.15, 0.2) is 0 Å². The molecule has 2 aromatic carbocycles. The van der Waals surface area contributed by atoms with Crippen molar-refractivity contribution in [2.45, 2.75) is 19.3 Å². The Hall–Kier alpha value is -2.66. The summed E-state index contributed by atoms with van der Waals surface area (Å²) in [5.41, 5.74) is 0.662. The summed E-state index contributed by atoms with van der Waals surface area (Å²) < 4.78 is 5.07. The third-order valence-corrected chi connectivity index (χ3v) is 3.12. The number of benzene rings is 2. The maximum Gasteiger partial charge on any atom is 0.335 e. The highest BCUT2D eigenvalue weighted by molar-refractivity contribution is 5.87. The van der Waals surface area contributed by atoms with Gasteiger partial charge in [0.25, 0.3) is 0 Å². The quantitative estimate of drug-likeness (QED) is 0.871. The molecule has 1 aliphatic heterocycles. The summed E-state index contributed by atoms with van der Waals surface area (Å²) in [5.74, 6) is -1.76. The second kappa shape index (κ2) is 11.8. The fourth-order valence-corrected chi connectivity index (χ4v) is 1.85. The molecule has 0 bridgehead atoms. The number of hydrogen-bond donors (Lipinski definition) is 2. The molecule has 2 N–H and O–H groups in total. The lowest BCUT2D eigenvalue weighted by molar-refractivity contribution is 0.0686. The van der Waals surface area contributed by atoms with Crippen molar-refractivity contribution in [1.29, 1.82) is 0 Å². The van der Waals surface area contributed by atoms with Crippen LogP contribution in [0.15, 0.2) is 60.7 Å². The smallest absolute Gasteiger partial charge is 0.335 e. The first kappa shape index (κ1) is 19.4. The van der Waals surface area contributed by atoms with E-state index in [-0.39, 0.29) is 0 Å². The molecule has 1 saturated heterocycles. The van der Waals surface area contributed by atoms with Crippen molar-refractivity contribution in [2.75, 3.05) is 13.2 Å². The van der Waals surface area contributed by atoms with Crippen molar-refractivity contribution in [3.63, 3.8) is 0 Å². The Morgan fingerprint density at radius 2 is 1.04 bits per heavy atom. The Balaban J connectivity index is 0.000000184. The van der Waals surface area contributed by atoms with Crippen molar-refractivity contribution in [3.8, 4) is 0 Å². The second-order valence-electron chi connectivity index (χ2n) is 5.02. The Morgan fingerprint density at radius 3 is 1.21 bits per heavy atom. The molecule has 0 spiro atoms. The fraction of sp³-hybridized carbons (Fsp3) is 0.263. The molecule has 0 saturated carbocycles. The van der Waals surface area contributed by atoms with Gasteiger partial charge in [-0.05, 0) is 43.5 Å². The molecule has 1 aliphatic rings. The van der Waals surface area contributed by atoms with Crippen molar-refractivity contribution >= 4 is 11.9 Å². The van der Waals surface area contributed by atoms with Crippen LogP contribution in [0, 0.1) is 0 Å². The minimum Gasteiger partial charge on any atom is -0.478 e. The maximum absolute atomic E-state index is 10.2. The molecule has 0 amide bonds. The summed E-state index contributed by atoms with van der Waals surface area (Å²) in [4.78, 5) is 20.4. The van der Waals surface area contributed by atoms with Gasteiger partial charge in [0, 0.05) is 13.2 Å². The average Bonchev–Trinajstić information content (AvgIpc) is 2.65. The number of carbonyl (C=O) groups is 2. The largest absolute Gasteiger partial charge is 0.478 e. The van der Waals surface area contributed by atoms with E-state index in [0.717, 1.165) is 13.2 Å². The summed E-state index contributed by atoms with van der Waals surface area (Å²) in [7, 11) is 0. The molecule has 0 radical (unpaired) electrons. The third kappa shape index (κ3) is 8.70. The first-order chi connectivity index (χ1) is 11.6. The van der Waals surface area contributed by atoms with E-state index in [1.807, 2.05) is 0 Å². The minimum atomic E-state index is -0.879. The third-order valence-electron chi connectivity index (χ3n) is 3.12. The van der Waals surface area contributed by atoms with Crippen molar-refractivity contribution in [3.05, 3.63) is 71.8 Å². The zero-order valence-electron chi connectivity index (χ0n) is 13.4. The van der Waals surface area contributed by atoms with Crippen LogP contribution in [0.3, 0.4) is 0 Å². The molecule has 24 heavy (non-hydrogen) atoms. The first-order valence-corrected chi connectivity index (χ1v) is 7.75. The van der Waals surface area contributed by atoms with Gasteiger partial charge in [-0.1, -0.05) is 36.4 Å². The van der Waals surface area contributed by atoms with Gasteiger partial charge in [-0.3, -0.25) is 0 Å². The van der Waals surface area contributed by atoms with E-state index in [2.05, 4.69) is 0 Å². The summed E-state index contributed by atoms with van der Waals surface area (Å²) >= 11 is 0. The van der Waals surface area contributed by atoms with Crippen molar-refractivity contribution in [1.82, 2.24) is 0 Å². The van der Waals surface area contributed by atoms with Crippen LogP contribution in [0.5, 0.6) is 0 Å². The average molecular weight is 330 g/mol. The highest BCUT2D eigenvalue weighted by atomic mass is 16.5. The Kier molecular flexibility index (Phi) is 9.57. The molecule has 1 heterocycles. The van der Waals surface area contributed by atoms with Crippen LogP contribution >= 0.6 is 0 Å². The maximum atomic E-state index is 10.2. The summed E-state index contributed by atoms with van der Waals surface area (Å²) in [6.07, 6.45) is 3.93. The standard InChI is InChI=1S/2C7H6O2.C5H10O/c2*8-7(9)6-4-2-1-3-5-6;1-2-4-6-5-3-1/h2*1-5H,(H,8,9);1-5H2. The lowest BCUT2D eigenvalue weighted by Crippen LogP contribution is -2.03. The van der Waals surface area contributed by atoms with Gasteiger partial charge in [0.2, 0.25) is 0 Å². The number of carboxylic acid groups (broad SMARTS) is 2. The zero-order valence-corrected chi connectivity index (χ0v) is 13.4. The Labute approximate surface area is 141 Å². The van der Waals surface area contributed by atoms with Crippen LogP contribution < -0.4 is 0 Å². The molecule has 0 unspecified atom stereocenters. The number of rotatable bonds is 2. The van der Waals surface area contributed by atoms with Gasteiger partial charge in [-0.25, -0.2) is 9.59 Å². The zero-order chi connectivity index (χ0) is 17.6. The monoisotopic (exact) mass is 330 g/mol. The number of ether oxygens (including phenoxy) is 1. The normalized spacial score (nSPS) is 12.7. The molecule has 128 valence electrons. The van der Waals surface area contributed by atoms with Gasteiger partial charge >= 0.3 is 11.9 Å². The van der Waals surface area contributed by atoms with Crippen LogP contribution in [-0.2, 0) is 4.74 Å². The second-order valence-corrected chi connectivity index (χ2v) is 5.02. The van der Waals surface area contributed by atoms with Gasteiger partial charge in [0.1, 0.15) is 0 Å². The predicted octanol–water partition coefficient (Wildman–Crippen LogP) is 3.96. The van der Waals surface area contributed by atoms with Gasteiger partial charge in [0.05, 0.1) is 11.1 Å². The Morgan fingerprint density at radius 1 is 0.667 bits per heavy atom. The van der Waals surface area contributed by atoms with Crippen LogP contribution in [0.2, 0.25) is 0 Å². The summed E-state index contributed by atoms with van der Waals surface area (Å²) in [5, 5.41) is 16.8. The van der Waals surface area contributed by atoms with E-state index < -0.39 is 11.9 Å². The van der Waals surface area contributed by atoms with Crippen molar-refractivity contribution in [2.24, 2.45) is 0 Å². The van der Waals surface area contributed by atoms with Gasteiger partial charge in [-0.2, -0.15) is 0 Å². The number of hydrogen-bond acceptors (Lipinski definition) is 3. The summed E-state index contributed by atoms with van der Waals surface area (Å²) in [6, 6.07) is 16.6. The van der Waals surface area contributed by atoms with E-state index in [1.165, 1.54) is 19.3 Å². The van der Waals surface area contributed by atoms with Crippen LogP contribution in [0.1, 0.15) is 40.0 Å². The van der Waals surface area contributed by atoms with E-state index in [4.69, 9.17) is 14.9 Å². The Bertz CT molecular complexity index is 531. The molecule has 3 rings (SSSR count). The van der Waals surface area contributed by atoms with E-state index in [1.54, 1.807) is 60.7 Å². The predicted molar refractivity (Wildman–Crippen MR) is 91.5 cm³/mol. The van der Waals surface area contributed by atoms with Crippen LogP contribution in [-0.4, -0.2) is 35.4 Å². The molecular formula is C19H22O5. The molecule has 2 aromatic rings.